The molecule has 2 aromatic carbocycles. The first-order chi connectivity index (χ1) is 15.2. The van der Waals surface area contributed by atoms with E-state index in [1.54, 1.807) is 0 Å². The molecule has 0 spiro atoms. The van der Waals surface area contributed by atoms with Crippen LogP contribution < -0.4 is 10.6 Å². The summed E-state index contributed by atoms with van der Waals surface area (Å²) in [6.45, 7) is 8.32. The molecule has 1 saturated heterocycles. The first-order valence-corrected chi connectivity index (χ1v) is 11.1. The summed E-state index contributed by atoms with van der Waals surface area (Å²) in [7, 11) is 1.82. The van der Waals surface area contributed by atoms with Crippen molar-refractivity contribution in [2.24, 2.45) is 4.99 Å². The number of hydrogen-bond acceptors (Lipinski definition) is 3. The number of aromatic amines is 1. The van der Waals surface area contributed by atoms with Crippen LogP contribution in [0.25, 0.3) is 10.9 Å². The number of nitrogens with one attached hydrogen (secondary N) is 3. The zero-order valence-electron chi connectivity index (χ0n) is 18.6. The van der Waals surface area contributed by atoms with E-state index in [1.165, 1.54) is 33.2 Å². The highest BCUT2D eigenvalue weighted by atomic mass is 16.5. The van der Waals surface area contributed by atoms with Gasteiger partial charge in [0.05, 0.1) is 13.2 Å². The molecule has 1 aromatic heterocycles. The summed E-state index contributed by atoms with van der Waals surface area (Å²) >= 11 is 0. The lowest BCUT2D eigenvalue weighted by Gasteiger charge is -2.27. The number of hydrogen-bond donors (Lipinski definition) is 3. The summed E-state index contributed by atoms with van der Waals surface area (Å²) in [5.41, 5.74) is 6.48. The summed E-state index contributed by atoms with van der Waals surface area (Å²) in [5.74, 6) is 0.830. The fourth-order valence-electron chi connectivity index (χ4n) is 4.11. The minimum Gasteiger partial charge on any atom is -0.379 e. The highest BCUT2D eigenvalue weighted by Crippen LogP contribution is 2.19. The van der Waals surface area contributed by atoms with E-state index in [0.717, 1.165) is 58.3 Å². The highest BCUT2D eigenvalue weighted by molar-refractivity contribution is 5.84. The molecular formula is C25H33N5O. The van der Waals surface area contributed by atoms with Crippen molar-refractivity contribution in [2.45, 2.75) is 26.4 Å². The van der Waals surface area contributed by atoms with E-state index in [1.807, 2.05) is 7.05 Å². The number of H-pyrrole nitrogens is 1. The molecule has 1 aliphatic rings. The van der Waals surface area contributed by atoms with Crippen LogP contribution in [0.4, 0.5) is 0 Å². The Morgan fingerprint density at radius 2 is 1.87 bits per heavy atom. The Kier molecular flexibility index (Phi) is 7.22. The number of aromatic nitrogens is 1. The van der Waals surface area contributed by atoms with Gasteiger partial charge in [0.2, 0.25) is 0 Å². The van der Waals surface area contributed by atoms with Crippen LogP contribution in [0.3, 0.4) is 0 Å². The molecule has 31 heavy (non-hydrogen) atoms. The molecule has 6 heteroatoms. The third kappa shape index (κ3) is 5.66. The maximum atomic E-state index is 5.47. The van der Waals surface area contributed by atoms with Gasteiger partial charge in [0.1, 0.15) is 0 Å². The maximum absolute atomic E-state index is 5.47. The van der Waals surface area contributed by atoms with Crippen LogP contribution in [0.15, 0.2) is 53.7 Å². The lowest BCUT2D eigenvalue weighted by molar-refractivity contribution is 0.0341. The Morgan fingerprint density at radius 3 is 2.68 bits per heavy atom. The zero-order valence-corrected chi connectivity index (χ0v) is 18.6. The van der Waals surface area contributed by atoms with Crippen molar-refractivity contribution in [3.63, 3.8) is 0 Å². The molecule has 2 heterocycles. The van der Waals surface area contributed by atoms with Gasteiger partial charge >= 0.3 is 0 Å². The second-order valence-electron chi connectivity index (χ2n) is 8.12. The number of ether oxygens (including phenoxy) is 1. The predicted molar refractivity (Wildman–Crippen MR) is 127 cm³/mol. The highest BCUT2D eigenvalue weighted by Gasteiger charge is 2.13. The van der Waals surface area contributed by atoms with E-state index in [-0.39, 0.29) is 0 Å². The zero-order chi connectivity index (χ0) is 21.5. The van der Waals surface area contributed by atoms with Crippen LogP contribution in [0.2, 0.25) is 0 Å². The average Bonchev–Trinajstić information content (AvgIpc) is 3.19. The van der Waals surface area contributed by atoms with Crippen LogP contribution in [-0.2, 0) is 24.2 Å². The average molecular weight is 420 g/mol. The molecule has 0 unspecified atom stereocenters. The van der Waals surface area contributed by atoms with E-state index in [0.29, 0.717) is 0 Å². The summed E-state index contributed by atoms with van der Waals surface area (Å²) in [5, 5.41) is 8.23. The van der Waals surface area contributed by atoms with Crippen molar-refractivity contribution in [1.82, 2.24) is 20.5 Å². The molecule has 1 aliphatic heterocycles. The maximum Gasteiger partial charge on any atom is 0.191 e. The van der Waals surface area contributed by atoms with Gasteiger partial charge in [0.25, 0.3) is 0 Å². The van der Waals surface area contributed by atoms with Gasteiger partial charge in [-0.3, -0.25) is 9.89 Å². The minimum absolute atomic E-state index is 0.756. The SMILES string of the molecule is CN=C(NCCc1c[nH]c2cc(C)ccc12)NCc1ccccc1CN1CCOCC1. The molecule has 0 amide bonds. The molecule has 164 valence electrons. The van der Waals surface area contributed by atoms with E-state index in [2.05, 4.69) is 81.1 Å². The van der Waals surface area contributed by atoms with Gasteiger partial charge in [-0.1, -0.05) is 36.4 Å². The van der Waals surface area contributed by atoms with Gasteiger partial charge in [-0.15, -0.1) is 0 Å². The lowest BCUT2D eigenvalue weighted by Crippen LogP contribution is -2.38. The van der Waals surface area contributed by atoms with Crippen LogP contribution in [0, 0.1) is 6.92 Å². The standard InChI is InChI=1S/C25H33N5O/c1-19-7-8-23-21(17-28-24(23)15-19)9-10-27-25(26-2)29-16-20-5-3-4-6-22(20)18-30-11-13-31-14-12-30/h3-8,15,17,28H,9-14,16,18H2,1-2H3,(H2,26,27,29). The molecule has 0 atom stereocenters. The van der Waals surface area contributed by atoms with Crippen molar-refractivity contribution < 1.29 is 4.74 Å². The summed E-state index contributed by atoms with van der Waals surface area (Å²) in [6.07, 6.45) is 3.06. The lowest BCUT2D eigenvalue weighted by atomic mass is 10.1. The minimum atomic E-state index is 0.756. The number of fused-ring (bicyclic) bond motifs is 1. The van der Waals surface area contributed by atoms with Gasteiger partial charge in [-0.2, -0.15) is 0 Å². The Morgan fingerprint density at radius 1 is 1.06 bits per heavy atom. The van der Waals surface area contributed by atoms with Gasteiger partial charge in [0.15, 0.2) is 5.96 Å². The van der Waals surface area contributed by atoms with Crippen molar-refractivity contribution in [2.75, 3.05) is 39.9 Å². The second kappa shape index (κ2) is 10.5. The smallest absolute Gasteiger partial charge is 0.191 e. The van der Waals surface area contributed by atoms with E-state index in [9.17, 15) is 0 Å². The van der Waals surface area contributed by atoms with E-state index >= 15 is 0 Å². The van der Waals surface area contributed by atoms with Crippen LogP contribution >= 0.6 is 0 Å². The molecule has 6 nitrogen and oxygen atoms in total. The molecule has 4 rings (SSSR count). The summed E-state index contributed by atoms with van der Waals surface area (Å²) in [4.78, 5) is 10.2. The van der Waals surface area contributed by atoms with Crippen molar-refractivity contribution >= 4 is 16.9 Å². The Labute approximate surface area is 184 Å². The molecule has 0 aliphatic carbocycles. The number of aryl methyl sites for hydroxylation is 1. The van der Waals surface area contributed by atoms with E-state index < -0.39 is 0 Å². The molecule has 0 bridgehead atoms. The van der Waals surface area contributed by atoms with Crippen LogP contribution in [-0.4, -0.2) is 55.7 Å². The van der Waals surface area contributed by atoms with Gasteiger partial charge in [-0.05, 0) is 41.7 Å². The topological polar surface area (TPSA) is 64.7 Å². The molecule has 0 saturated carbocycles. The predicted octanol–water partition coefficient (Wildman–Crippen LogP) is 3.22. The fourth-order valence-corrected chi connectivity index (χ4v) is 4.11. The normalized spacial score (nSPS) is 15.4. The number of benzene rings is 2. The first-order valence-electron chi connectivity index (χ1n) is 11.1. The Hall–Kier alpha value is -2.83. The quantitative estimate of drug-likeness (QED) is 0.406. The fraction of sp³-hybridized carbons (Fsp3) is 0.400. The number of nitrogens with zero attached hydrogens (tertiary/aromatic N) is 2. The van der Waals surface area contributed by atoms with Crippen LogP contribution in [0.5, 0.6) is 0 Å². The molecule has 3 N–H and O–H groups in total. The molecular weight excluding hydrogens is 386 g/mol. The van der Waals surface area contributed by atoms with Crippen molar-refractivity contribution in [3.05, 3.63) is 70.9 Å². The Balaban J connectivity index is 1.29. The van der Waals surface area contributed by atoms with E-state index in [4.69, 9.17) is 4.74 Å². The number of aliphatic imine (C=N–C) groups is 1. The molecule has 1 fully saturated rings. The van der Waals surface area contributed by atoms with Crippen molar-refractivity contribution in [1.29, 1.82) is 0 Å². The first kappa shape index (κ1) is 21.4. The largest absolute Gasteiger partial charge is 0.379 e. The molecule has 3 aromatic rings. The third-order valence-electron chi connectivity index (χ3n) is 5.90. The summed E-state index contributed by atoms with van der Waals surface area (Å²) < 4.78 is 5.47. The Bertz CT molecular complexity index is 1020. The third-order valence-corrected chi connectivity index (χ3v) is 5.90. The number of morpholine rings is 1. The van der Waals surface area contributed by atoms with Crippen LogP contribution in [0.1, 0.15) is 22.3 Å². The number of guanidine groups is 1. The number of rotatable bonds is 7. The van der Waals surface area contributed by atoms with Gasteiger partial charge in [0, 0.05) is 56.9 Å². The van der Waals surface area contributed by atoms with Gasteiger partial charge in [-0.25, -0.2) is 0 Å². The van der Waals surface area contributed by atoms with Gasteiger partial charge < -0.3 is 20.4 Å². The molecule has 0 radical (unpaired) electrons. The summed E-state index contributed by atoms with van der Waals surface area (Å²) in [6, 6.07) is 15.2. The second-order valence-corrected chi connectivity index (χ2v) is 8.12. The monoisotopic (exact) mass is 419 g/mol. The van der Waals surface area contributed by atoms with Crippen molar-refractivity contribution in [3.8, 4) is 0 Å².